The third-order valence-corrected chi connectivity index (χ3v) is 2.54. The van der Waals surface area contributed by atoms with E-state index in [0.29, 0.717) is 0 Å². The lowest BCUT2D eigenvalue weighted by molar-refractivity contribution is 0.392. The fraction of sp³-hybridized carbons (Fsp3) is 0.500. The lowest BCUT2D eigenvalue weighted by Gasteiger charge is -2.20. The molecule has 0 aliphatic rings. The summed E-state index contributed by atoms with van der Waals surface area (Å²) in [7, 11) is 5.57. The van der Waals surface area contributed by atoms with Crippen LogP contribution in [0.25, 0.3) is 0 Å². The van der Waals surface area contributed by atoms with E-state index < -0.39 is 0 Å². The molecule has 0 heterocycles. The van der Waals surface area contributed by atoms with Crippen LogP contribution in [0.3, 0.4) is 0 Å². The van der Waals surface area contributed by atoms with Crippen LogP contribution in [0.2, 0.25) is 0 Å². The molecule has 0 unspecified atom stereocenters. The van der Waals surface area contributed by atoms with Crippen molar-refractivity contribution in [1.82, 2.24) is 10.6 Å². The van der Waals surface area contributed by atoms with Crippen LogP contribution >= 0.6 is 0 Å². The van der Waals surface area contributed by atoms with Gasteiger partial charge in [-0.15, -0.1) is 0 Å². The first-order chi connectivity index (χ1) is 7.13. The van der Waals surface area contributed by atoms with Crippen LogP contribution < -0.4 is 15.4 Å². The highest BCUT2D eigenvalue weighted by molar-refractivity contribution is 5.45. The Kier molecular flexibility index (Phi) is 4.12. The Balaban J connectivity index is 3.24. The summed E-state index contributed by atoms with van der Waals surface area (Å²) in [6.45, 7) is 4.16. The second-order valence-electron chi connectivity index (χ2n) is 3.71. The first kappa shape index (κ1) is 12.0. The molecule has 0 radical (unpaired) electrons. The zero-order valence-corrected chi connectivity index (χ0v) is 10.1. The van der Waals surface area contributed by atoms with E-state index in [2.05, 4.69) is 36.6 Å². The van der Waals surface area contributed by atoms with Gasteiger partial charge in [0.25, 0.3) is 0 Å². The molecule has 0 spiro atoms. The predicted octanol–water partition coefficient (Wildman–Crippen LogP) is 1.75. The highest BCUT2D eigenvalue weighted by Gasteiger charge is 2.14. The van der Waals surface area contributed by atoms with E-state index in [4.69, 9.17) is 4.74 Å². The fourth-order valence-corrected chi connectivity index (χ4v) is 1.94. The Morgan fingerprint density at radius 2 is 1.73 bits per heavy atom. The van der Waals surface area contributed by atoms with Crippen LogP contribution in [-0.2, 0) is 0 Å². The van der Waals surface area contributed by atoms with Crippen molar-refractivity contribution in [3.8, 4) is 5.75 Å². The van der Waals surface area contributed by atoms with Crippen molar-refractivity contribution >= 4 is 0 Å². The molecule has 0 bridgehead atoms. The standard InChI is InChI=1S/C12H20N2O/c1-8-6-9(2)11(15-5)10(7-8)12(13-3)14-4/h6-7,12-14H,1-5H3. The predicted molar refractivity (Wildman–Crippen MR) is 63.3 cm³/mol. The summed E-state index contributed by atoms with van der Waals surface area (Å²) in [6.07, 6.45) is 0.124. The first-order valence-electron chi connectivity index (χ1n) is 5.13. The minimum absolute atomic E-state index is 0.124. The Morgan fingerprint density at radius 3 is 2.20 bits per heavy atom. The van der Waals surface area contributed by atoms with Crippen molar-refractivity contribution in [3.63, 3.8) is 0 Å². The van der Waals surface area contributed by atoms with Crippen molar-refractivity contribution in [1.29, 1.82) is 0 Å². The lowest BCUT2D eigenvalue weighted by Crippen LogP contribution is -2.29. The second-order valence-corrected chi connectivity index (χ2v) is 3.71. The van der Waals surface area contributed by atoms with E-state index in [9.17, 15) is 0 Å². The van der Waals surface area contributed by atoms with Crippen LogP contribution in [-0.4, -0.2) is 21.2 Å². The first-order valence-corrected chi connectivity index (χ1v) is 5.13. The quantitative estimate of drug-likeness (QED) is 0.740. The molecule has 3 nitrogen and oxygen atoms in total. The normalized spacial score (nSPS) is 10.8. The van der Waals surface area contributed by atoms with Gasteiger partial charge in [0.1, 0.15) is 5.75 Å². The summed E-state index contributed by atoms with van der Waals surface area (Å²) in [5.41, 5.74) is 3.57. The maximum Gasteiger partial charge on any atom is 0.127 e. The maximum atomic E-state index is 5.44. The number of benzene rings is 1. The fourth-order valence-electron chi connectivity index (χ4n) is 1.94. The maximum absolute atomic E-state index is 5.44. The number of nitrogens with one attached hydrogen (secondary N) is 2. The molecule has 15 heavy (non-hydrogen) atoms. The van der Waals surface area contributed by atoms with E-state index in [1.54, 1.807) is 7.11 Å². The number of rotatable bonds is 4. The van der Waals surface area contributed by atoms with Crippen LogP contribution in [0.15, 0.2) is 12.1 Å². The summed E-state index contributed by atoms with van der Waals surface area (Å²) in [5.74, 6) is 0.953. The molecule has 0 aliphatic carbocycles. The molecule has 0 fully saturated rings. The summed E-state index contributed by atoms with van der Waals surface area (Å²) >= 11 is 0. The van der Waals surface area contributed by atoms with E-state index in [-0.39, 0.29) is 6.17 Å². The topological polar surface area (TPSA) is 33.3 Å². The number of aryl methyl sites for hydroxylation is 2. The molecule has 0 saturated heterocycles. The van der Waals surface area contributed by atoms with Gasteiger partial charge in [0.15, 0.2) is 0 Å². The summed E-state index contributed by atoms with van der Waals surface area (Å²) in [4.78, 5) is 0. The van der Waals surface area contributed by atoms with Crippen molar-refractivity contribution in [2.45, 2.75) is 20.0 Å². The molecule has 0 aromatic heterocycles. The smallest absolute Gasteiger partial charge is 0.127 e. The molecule has 0 saturated carbocycles. The van der Waals surface area contributed by atoms with Gasteiger partial charge < -0.3 is 15.4 Å². The molecule has 1 aromatic rings. The molecule has 2 N–H and O–H groups in total. The van der Waals surface area contributed by atoms with Crippen molar-refractivity contribution in [2.24, 2.45) is 0 Å². The molecule has 1 rings (SSSR count). The third kappa shape index (κ3) is 2.49. The van der Waals surface area contributed by atoms with Gasteiger partial charge in [-0.3, -0.25) is 0 Å². The van der Waals surface area contributed by atoms with E-state index in [1.807, 2.05) is 14.1 Å². The molecule has 3 heteroatoms. The molecule has 1 aromatic carbocycles. The van der Waals surface area contributed by atoms with Gasteiger partial charge in [0.2, 0.25) is 0 Å². The lowest BCUT2D eigenvalue weighted by atomic mass is 10.0. The van der Waals surface area contributed by atoms with E-state index in [1.165, 1.54) is 11.1 Å². The number of methoxy groups -OCH3 is 1. The van der Waals surface area contributed by atoms with Gasteiger partial charge >= 0.3 is 0 Å². The van der Waals surface area contributed by atoms with Crippen LogP contribution in [0, 0.1) is 13.8 Å². The molecule has 0 amide bonds. The summed E-state index contributed by atoms with van der Waals surface area (Å²) in [6, 6.07) is 4.27. The molecule has 84 valence electrons. The van der Waals surface area contributed by atoms with Crippen LogP contribution in [0.1, 0.15) is 22.9 Å². The minimum Gasteiger partial charge on any atom is -0.496 e. The Bertz CT molecular complexity index is 333. The summed E-state index contributed by atoms with van der Waals surface area (Å²) in [5, 5.41) is 6.41. The molecular weight excluding hydrogens is 188 g/mol. The Labute approximate surface area is 91.8 Å². The van der Waals surface area contributed by atoms with Crippen LogP contribution in [0.4, 0.5) is 0 Å². The van der Waals surface area contributed by atoms with Gasteiger partial charge in [0.05, 0.1) is 13.3 Å². The highest BCUT2D eigenvalue weighted by atomic mass is 16.5. The van der Waals surface area contributed by atoms with E-state index in [0.717, 1.165) is 11.3 Å². The van der Waals surface area contributed by atoms with Gasteiger partial charge in [-0.2, -0.15) is 0 Å². The van der Waals surface area contributed by atoms with Crippen LogP contribution in [0.5, 0.6) is 5.75 Å². The average Bonchev–Trinajstić information content (AvgIpc) is 2.19. The largest absolute Gasteiger partial charge is 0.496 e. The Hall–Kier alpha value is -1.06. The minimum atomic E-state index is 0.124. The molecular formula is C12H20N2O. The van der Waals surface area contributed by atoms with E-state index >= 15 is 0 Å². The highest BCUT2D eigenvalue weighted by Crippen LogP contribution is 2.28. The Morgan fingerprint density at radius 1 is 1.13 bits per heavy atom. The SMILES string of the molecule is CNC(NC)c1cc(C)cc(C)c1OC. The number of hydrogen-bond acceptors (Lipinski definition) is 3. The van der Waals surface area contributed by atoms with Crippen molar-refractivity contribution < 1.29 is 4.74 Å². The number of ether oxygens (including phenoxy) is 1. The monoisotopic (exact) mass is 208 g/mol. The second kappa shape index (κ2) is 5.14. The van der Waals surface area contributed by atoms with Gasteiger partial charge in [0, 0.05) is 5.56 Å². The zero-order chi connectivity index (χ0) is 11.4. The van der Waals surface area contributed by atoms with Gasteiger partial charge in [-0.25, -0.2) is 0 Å². The molecule has 0 atom stereocenters. The molecule has 0 aliphatic heterocycles. The van der Waals surface area contributed by atoms with Crippen molar-refractivity contribution in [2.75, 3.05) is 21.2 Å². The average molecular weight is 208 g/mol. The summed E-state index contributed by atoms with van der Waals surface area (Å²) < 4.78 is 5.44. The zero-order valence-electron chi connectivity index (χ0n) is 10.1. The number of hydrogen-bond donors (Lipinski definition) is 2. The third-order valence-electron chi connectivity index (χ3n) is 2.54. The van der Waals surface area contributed by atoms with Gasteiger partial charge in [-0.1, -0.05) is 11.6 Å². The van der Waals surface area contributed by atoms with Crippen molar-refractivity contribution in [3.05, 3.63) is 28.8 Å². The van der Waals surface area contributed by atoms with Gasteiger partial charge in [-0.05, 0) is 39.6 Å².